The van der Waals surface area contributed by atoms with Crippen molar-refractivity contribution in [3.63, 3.8) is 0 Å². The minimum atomic E-state index is -0.786. The number of benzene rings is 3. The molecule has 0 aliphatic rings. The van der Waals surface area contributed by atoms with Crippen molar-refractivity contribution >= 4 is 11.8 Å². The minimum absolute atomic E-state index is 0.0752. The predicted molar refractivity (Wildman–Crippen MR) is 94.1 cm³/mol. The molecule has 0 bridgehead atoms. The van der Waals surface area contributed by atoms with E-state index in [2.05, 4.69) is 0 Å². The molecule has 1 N–H and O–H groups in total. The molecule has 24 heavy (non-hydrogen) atoms. The number of carbonyl (C=O) groups excluding carboxylic acids is 1. The maximum Gasteiger partial charge on any atom is 0.307 e. The number of carboxylic acids is 1. The van der Waals surface area contributed by atoms with Crippen LogP contribution < -0.4 is 0 Å². The number of ketones is 1. The van der Waals surface area contributed by atoms with E-state index < -0.39 is 5.97 Å². The van der Waals surface area contributed by atoms with Crippen LogP contribution in [0.1, 0.15) is 21.5 Å². The molecule has 0 aromatic heterocycles. The monoisotopic (exact) mass is 318 g/mol. The van der Waals surface area contributed by atoms with E-state index in [4.69, 9.17) is 5.11 Å². The van der Waals surface area contributed by atoms with Gasteiger partial charge in [0.25, 0.3) is 0 Å². The number of hydrogen-bond acceptors (Lipinski definition) is 2. The highest BCUT2D eigenvalue weighted by molar-refractivity contribution is 6.08. The summed E-state index contributed by atoms with van der Waals surface area (Å²) in [5.41, 5.74) is 2.31. The van der Waals surface area contributed by atoms with E-state index in [1.54, 1.807) is 12.1 Å². The molecule has 0 aliphatic carbocycles. The van der Waals surface area contributed by atoms with Crippen molar-refractivity contribution in [2.24, 2.45) is 0 Å². The lowest BCUT2D eigenvalue weighted by Gasteiger charge is -1.99. The van der Waals surface area contributed by atoms with Crippen LogP contribution in [0.25, 0.3) is 0 Å². The van der Waals surface area contributed by atoms with E-state index in [-0.39, 0.29) is 12.2 Å². The highest BCUT2D eigenvalue weighted by atomic mass is 16.4. The quantitative estimate of drug-likeness (QED) is 0.732. The van der Waals surface area contributed by atoms with Crippen molar-refractivity contribution in [3.8, 4) is 0 Å². The molecule has 3 rings (SSSR count). The Hall–Kier alpha value is -3.20. The van der Waals surface area contributed by atoms with Crippen LogP contribution >= 0.6 is 0 Å². The van der Waals surface area contributed by atoms with Gasteiger partial charge < -0.3 is 5.11 Å². The molecule has 0 amide bonds. The van der Waals surface area contributed by atoms with Gasteiger partial charge in [-0.3, -0.25) is 9.59 Å². The van der Waals surface area contributed by atoms with Crippen molar-refractivity contribution in [2.75, 3.05) is 0 Å². The van der Waals surface area contributed by atoms with Gasteiger partial charge in [0.2, 0.25) is 0 Å². The topological polar surface area (TPSA) is 54.4 Å². The molecular formula is C21H18O3. The van der Waals surface area contributed by atoms with Crippen LogP contribution in [-0.2, 0) is 11.2 Å². The van der Waals surface area contributed by atoms with Crippen molar-refractivity contribution in [1.29, 1.82) is 0 Å². The largest absolute Gasteiger partial charge is 0.481 e. The smallest absolute Gasteiger partial charge is 0.307 e. The van der Waals surface area contributed by atoms with Gasteiger partial charge >= 0.3 is 5.97 Å². The molecule has 0 radical (unpaired) electrons. The van der Waals surface area contributed by atoms with Gasteiger partial charge in [0.05, 0.1) is 6.42 Å². The minimum Gasteiger partial charge on any atom is -0.481 e. The molecule has 0 fully saturated rings. The van der Waals surface area contributed by atoms with E-state index in [0.29, 0.717) is 0 Å². The van der Waals surface area contributed by atoms with E-state index in [1.807, 2.05) is 78.9 Å². The Balaban J connectivity index is 0.000000185. The zero-order valence-electron chi connectivity index (χ0n) is 13.1. The average molecular weight is 318 g/mol. The van der Waals surface area contributed by atoms with Crippen LogP contribution in [0.5, 0.6) is 0 Å². The summed E-state index contributed by atoms with van der Waals surface area (Å²) in [6.07, 6.45) is 0.112. The van der Waals surface area contributed by atoms with E-state index in [0.717, 1.165) is 16.7 Å². The third-order valence-electron chi connectivity index (χ3n) is 3.27. The van der Waals surface area contributed by atoms with Gasteiger partial charge in [0, 0.05) is 11.1 Å². The summed E-state index contributed by atoms with van der Waals surface area (Å²) in [7, 11) is 0. The first-order valence-electron chi connectivity index (χ1n) is 7.57. The molecule has 120 valence electrons. The van der Waals surface area contributed by atoms with Gasteiger partial charge in [-0.25, -0.2) is 0 Å². The second kappa shape index (κ2) is 9.06. The number of carboxylic acid groups (broad SMARTS) is 1. The molecular weight excluding hydrogens is 300 g/mol. The predicted octanol–water partition coefficient (Wildman–Crippen LogP) is 4.23. The normalized spacial score (nSPS) is 9.50. The number of aliphatic carboxylic acids is 1. The lowest BCUT2D eigenvalue weighted by Crippen LogP contribution is -1.99. The number of hydrogen-bond donors (Lipinski definition) is 1. The van der Waals surface area contributed by atoms with Crippen LogP contribution in [0.15, 0.2) is 91.0 Å². The van der Waals surface area contributed by atoms with Gasteiger partial charge in [0.15, 0.2) is 5.78 Å². The summed E-state index contributed by atoms with van der Waals surface area (Å²) in [4.78, 5) is 22.0. The zero-order chi connectivity index (χ0) is 17.2. The van der Waals surface area contributed by atoms with Gasteiger partial charge in [-0.15, -0.1) is 0 Å². The molecule has 3 aromatic rings. The fourth-order valence-corrected chi connectivity index (χ4v) is 2.12. The SMILES string of the molecule is O=C(O)Cc1ccccc1.O=C(c1ccccc1)c1ccccc1. The summed E-state index contributed by atoms with van der Waals surface area (Å²) >= 11 is 0. The third-order valence-corrected chi connectivity index (χ3v) is 3.27. The van der Waals surface area contributed by atoms with Gasteiger partial charge in [-0.1, -0.05) is 91.0 Å². The van der Waals surface area contributed by atoms with Crippen LogP contribution in [0.4, 0.5) is 0 Å². The Kier molecular flexibility index (Phi) is 6.47. The van der Waals surface area contributed by atoms with Crippen LogP contribution in [0.3, 0.4) is 0 Å². The lowest BCUT2D eigenvalue weighted by molar-refractivity contribution is -0.136. The molecule has 0 aliphatic heterocycles. The fraction of sp³-hybridized carbons (Fsp3) is 0.0476. The number of rotatable bonds is 4. The second-order valence-electron chi connectivity index (χ2n) is 5.12. The first-order chi connectivity index (χ1) is 11.7. The van der Waals surface area contributed by atoms with Crippen molar-refractivity contribution in [3.05, 3.63) is 108 Å². The Labute approximate surface area is 141 Å². The summed E-state index contributed by atoms with van der Waals surface area (Å²) in [5, 5.41) is 8.37. The van der Waals surface area contributed by atoms with Gasteiger partial charge in [-0.2, -0.15) is 0 Å². The highest BCUT2D eigenvalue weighted by Gasteiger charge is 2.06. The molecule has 0 saturated carbocycles. The molecule has 0 saturated heterocycles. The zero-order valence-corrected chi connectivity index (χ0v) is 13.1. The first-order valence-corrected chi connectivity index (χ1v) is 7.57. The molecule has 0 heterocycles. The Morgan fingerprint density at radius 2 is 1.00 bits per heavy atom. The molecule has 0 atom stereocenters. The summed E-state index contributed by atoms with van der Waals surface area (Å²) in [6.45, 7) is 0. The van der Waals surface area contributed by atoms with E-state index >= 15 is 0 Å². The van der Waals surface area contributed by atoms with Gasteiger partial charge in [-0.05, 0) is 5.56 Å². The van der Waals surface area contributed by atoms with Crippen LogP contribution in [0, 0.1) is 0 Å². The summed E-state index contributed by atoms with van der Waals surface area (Å²) < 4.78 is 0. The molecule has 3 aromatic carbocycles. The fourth-order valence-electron chi connectivity index (χ4n) is 2.12. The highest BCUT2D eigenvalue weighted by Crippen LogP contribution is 2.08. The maximum absolute atomic E-state index is 11.8. The molecule has 3 heteroatoms. The summed E-state index contributed by atoms with van der Waals surface area (Å²) in [6, 6.07) is 27.7. The first kappa shape index (κ1) is 17.2. The standard InChI is InChI=1S/C13H10O.C8H8O2/c14-13(11-7-3-1-4-8-11)12-9-5-2-6-10-12;9-8(10)6-7-4-2-1-3-5-7/h1-10H;1-5H,6H2,(H,9,10). The Bertz CT molecular complexity index is 724. The second-order valence-corrected chi connectivity index (χ2v) is 5.12. The number of carbonyl (C=O) groups is 2. The van der Waals surface area contributed by atoms with E-state index in [1.165, 1.54) is 0 Å². The van der Waals surface area contributed by atoms with Crippen LogP contribution in [-0.4, -0.2) is 16.9 Å². The van der Waals surface area contributed by atoms with Crippen molar-refractivity contribution in [1.82, 2.24) is 0 Å². The summed E-state index contributed by atoms with van der Waals surface area (Å²) in [5.74, 6) is -0.711. The van der Waals surface area contributed by atoms with Gasteiger partial charge in [0.1, 0.15) is 0 Å². The van der Waals surface area contributed by atoms with E-state index in [9.17, 15) is 9.59 Å². The lowest BCUT2D eigenvalue weighted by atomic mass is 10.0. The van der Waals surface area contributed by atoms with Crippen molar-refractivity contribution in [2.45, 2.75) is 6.42 Å². The van der Waals surface area contributed by atoms with Crippen LogP contribution in [0.2, 0.25) is 0 Å². The molecule has 0 spiro atoms. The molecule has 0 unspecified atom stereocenters. The van der Waals surface area contributed by atoms with Crippen molar-refractivity contribution < 1.29 is 14.7 Å². The maximum atomic E-state index is 11.8. The Morgan fingerprint density at radius 1 is 0.625 bits per heavy atom. The Morgan fingerprint density at radius 3 is 1.38 bits per heavy atom. The average Bonchev–Trinajstić information content (AvgIpc) is 2.63. The third kappa shape index (κ3) is 5.54. The molecule has 3 nitrogen and oxygen atoms in total.